The molecule has 3 rings (SSSR count). The van der Waals surface area contributed by atoms with Crippen molar-refractivity contribution >= 4 is 45.2 Å². The van der Waals surface area contributed by atoms with E-state index in [0.29, 0.717) is 5.75 Å². The van der Waals surface area contributed by atoms with Crippen molar-refractivity contribution in [1.29, 1.82) is 0 Å². The number of halogens is 2. The molecule has 0 aromatic heterocycles. The standard InChI is InChI=1S/C18H26I2N2O/c19-16-10-15(18(23)17(20)11-16)13-22-8-4-14(5-9-22)12-21-6-2-1-3-7-21/h10-11,14,23H,1-9,12-13H2. The molecule has 23 heavy (non-hydrogen) atoms. The third kappa shape index (κ3) is 5.19. The van der Waals surface area contributed by atoms with E-state index in [0.717, 1.165) is 21.6 Å². The number of nitrogens with zero attached hydrogens (tertiary/aromatic N) is 2. The Morgan fingerprint density at radius 2 is 1.65 bits per heavy atom. The largest absolute Gasteiger partial charge is 0.507 e. The van der Waals surface area contributed by atoms with Crippen LogP contribution in [0, 0.1) is 13.1 Å². The van der Waals surface area contributed by atoms with Crippen LogP contribution in [0.3, 0.4) is 0 Å². The quantitative estimate of drug-likeness (QED) is 0.578. The number of benzene rings is 1. The third-order valence-electron chi connectivity index (χ3n) is 5.17. The number of piperidine rings is 2. The topological polar surface area (TPSA) is 26.7 Å². The maximum absolute atomic E-state index is 10.3. The van der Waals surface area contributed by atoms with Crippen LogP contribution in [0.25, 0.3) is 0 Å². The fraction of sp³-hybridized carbons (Fsp3) is 0.667. The summed E-state index contributed by atoms with van der Waals surface area (Å²) in [6.07, 6.45) is 6.82. The summed E-state index contributed by atoms with van der Waals surface area (Å²) in [7, 11) is 0. The van der Waals surface area contributed by atoms with E-state index in [1.54, 1.807) is 0 Å². The minimum absolute atomic E-state index is 0.474. The molecule has 1 aromatic carbocycles. The highest BCUT2D eigenvalue weighted by molar-refractivity contribution is 14.1. The molecule has 0 atom stereocenters. The first-order valence-electron chi connectivity index (χ1n) is 8.73. The lowest BCUT2D eigenvalue weighted by atomic mass is 9.95. The maximum atomic E-state index is 10.3. The van der Waals surface area contributed by atoms with Gasteiger partial charge in [0.25, 0.3) is 0 Å². The van der Waals surface area contributed by atoms with Gasteiger partial charge >= 0.3 is 0 Å². The summed E-state index contributed by atoms with van der Waals surface area (Å²) in [4.78, 5) is 5.19. The van der Waals surface area contributed by atoms with Gasteiger partial charge in [0.2, 0.25) is 0 Å². The van der Waals surface area contributed by atoms with Gasteiger partial charge in [-0.2, -0.15) is 0 Å². The molecule has 0 unspecified atom stereocenters. The molecule has 0 amide bonds. The number of hydrogen-bond acceptors (Lipinski definition) is 3. The fourth-order valence-corrected chi connectivity index (χ4v) is 5.78. The third-order valence-corrected chi connectivity index (χ3v) is 6.62. The molecule has 0 spiro atoms. The van der Waals surface area contributed by atoms with Crippen molar-refractivity contribution in [2.75, 3.05) is 32.7 Å². The second-order valence-electron chi connectivity index (χ2n) is 6.98. The van der Waals surface area contributed by atoms with Gasteiger partial charge in [0, 0.05) is 22.2 Å². The van der Waals surface area contributed by atoms with Crippen molar-refractivity contribution < 1.29 is 5.11 Å². The molecule has 2 fully saturated rings. The van der Waals surface area contributed by atoms with E-state index in [1.165, 1.54) is 68.4 Å². The van der Waals surface area contributed by atoms with Crippen LogP contribution >= 0.6 is 45.2 Å². The number of likely N-dealkylation sites (tertiary alicyclic amines) is 2. The van der Waals surface area contributed by atoms with Crippen LogP contribution < -0.4 is 0 Å². The Labute approximate surface area is 167 Å². The van der Waals surface area contributed by atoms with Crippen molar-refractivity contribution in [3.8, 4) is 5.75 Å². The zero-order chi connectivity index (χ0) is 16.2. The SMILES string of the molecule is Oc1c(I)cc(I)cc1CN1CCC(CN2CCCCC2)CC1. The number of aromatic hydroxyl groups is 1. The molecule has 1 aromatic rings. The van der Waals surface area contributed by atoms with E-state index in [1.807, 2.05) is 6.07 Å². The van der Waals surface area contributed by atoms with Crippen LogP contribution in [0.1, 0.15) is 37.7 Å². The summed E-state index contributed by atoms with van der Waals surface area (Å²) in [6.45, 7) is 7.15. The average molecular weight is 540 g/mol. The van der Waals surface area contributed by atoms with Crippen LogP contribution in [0.5, 0.6) is 5.75 Å². The Balaban J connectivity index is 1.49. The summed E-state index contributed by atoms with van der Waals surface area (Å²) in [5.74, 6) is 1.34. The van der Waals surface area contributed by atoms with Gasteiger partial charge in [-0.05, 0) is 115 Å². The Bertz CT molecular complexity index is 524. The van der Waals surface area contributed by atoms with Crippen molar-refractivity contribution in [2.24, 2.45) is 5.92 Å². The zero-order valence-corrected chi connectivity index (χ0v) is 17.9. The fourth-order valence-electron chi connectivity index (χ4n) is 3.81. The minimum atomic E-state index is 0.474. The van der Waals surface area contributed by atoms with Crippen molar-refractivity contribution in [3.05, 3.63) is 24.8 Å². The van der Waals surface area contributed by atoms with Crippen molar-refractivity contribution in [1.82, 2.24) is 9.80 Å². The lowest BCUT2D eigenvalue weighted by Crippen LogP contribution is -2.40. The van der Waals surface area contributed by atoms with Crippen LogP contribution in [0.15, 0.2) is 12.1 Å². The zero-order valence-electron chi connectivity index (χ0n) is 13.6. The first-order valence-corrected chi connectivity index (χ1v) is 10.9. The van der Waals surface area contributed by atoms with Crippen LogP contribution in [0.2, 0.25) is 0 Å². The molecular formula is C18H26I2N2O. The smallest absolute Gasteiger partial charge is 0.133 e. The Morgan fingerprint density at radius 3 is 2.35 bits per heavy atom. The Morgan fingerprint density at radius 1 is 0.957 bits per heavy atom. The molecular weight excluding hydrogens is 514 g/mol. The van der Waals surface area contributed by atoms with E-state index in [-0.39, 0.29) is 0 Å². The normalized spacial score (nSPS) is 21.7. The van der Waals surface area contributed by atoms with Gasteiger partial charge in [-0.3, -0.25) is 4.90 Å². The highest BCUT2D eigenvalue weighted by Crippen LogP contribution is 2.29. The molecule has 0 bridgehead atoms. The Hall–Kier alpha value is 0.400. The first kappa shape index (κ1) is 18.2. The summed E-state index contributed by atoms with van der Waals surface area (Å²) >= 11 is 4.56. The first-order chi connectivity index (χ1) is 11.1. The molecule has 2 saturated heterocycles. The van der Waals surface area contributed by atoms with Gasteiger partial charge in [-0.25, -0.2) is 0 Å². The van der Waals surface area contributed by atoms with Gasteiger partial charge in [0.15, 0.2) is 0 Å². The molecule has 2 aliphatic rings. The average Bonchev–Trinajstić information content (AvgIpc) is 2.55. The number of phenolic OH excluding ortho intramolecular Hbond substituents is 1. The lowest BCUT2D eigenvalue weighted by Gasteiger charge is -2.36. The monoisotopic (exact) mass is 540 g/mol. The van der Waals surface area contributed by atoms with Gasteiger partial charge in [0.05, 0.1) is 3.57 Å². The number of phenols is 1. The highest BCUT2D eigenvalue weighted by Gasteiger charge is 2.23. The van der Waals surface area contributed by atoms with Crippen molar-refractivity contribution in [2.45, 2.75) is 38.6 Å². The molecule has 2 aliphatic heterocycles. The van der Waals surface area contributed by atoms with Crippen LogP contribution in [-0.4, -0.2) is 47.6 Å². The van der Waals surface area contributed by atoms with E-state index in [2.05, 4.69) is 61.0 Å². The molecule has 128 valence electrons. The number of hydrogen-bond donors (Lipinski definition) is 1. The van der Waals surface area contributed by atoms with E-state index < -0.39 is 0 Å². The predicted octanol–water partition coefficient (Wildman–Crippen LogP) is 4.30. The highest BCUT2D eigenvalue weighted by atomic mass is 127. The summed E-state index contributed by atoms with van der Waals surface area (Å²) in [5.41, 5.74) is 1.08. The van der Waals surface area contributed by atoms with Gasteiger partial charge < -0.3 is 10.0 Å². The molecule has 0 aliphatic carbocycles. The molecule has 0 saturated carbocycles. The van der Waals surface area contributed by atoms with Crippen molar-refractivity contribution in [3.63, 3.8) is 0 Å². The second-order valence-corrected chi connectivity index (χ2v) is 9.38. The summed E-state index contributed by atoms with van der Waals surface area (Å²) < 4.78 is 2.17. The Kier molecular flexibility index (Phi) is 6.86. The van der Waals surface area contributed by atoms with Gasteiger partial charge in [-0.15, -0.1) is 0 Å². The molecule has 3 nitrogen and oxygen atoms in total. The summed E-state index contributed by atoms with van der Waals surface area (Å²) in [6, 6.07) is 4.16. The predicted molar refractivity (Wildman–Crippen MR) is 112 cm³/mol. The van der Waals surface area contributed by atoms with E-state index in [4.69, 9.17) is 0 Å². The number of rotatable bonds is 4. The summed E-state index contributed by atoms with van der Waals surface area (Å²) in [5, 5.41) is 10.3. The lowest BCUT2D eigenvalue weighted by molar-refractivity contribution is 0.127. The van der Waals surface area contributed by atoms with Crippen LogP contribution in [-0.2, 0) is 6.54 Å². The maximum Gasteiger partial charge on any atom is 0.133 e. The minimum Gasteiger partial charge on any atom is -0.507 e. The van der Waals surface area contributed by atoms with Crippen LogP contribution in [0.4, 0.5) is 0 Å². The van der Waals surface area contributed by atoms with Gasteiger partial charge in [0.1, 0.15) is 5.75 Å². The van der Waals surface area contributed by atoms with E-state index >= 15 is 0 Å². The van der Waals surface area contributed by atoms with Gasteiger partial charge in [-0.1, -0.05) is 6.42 Å². The molecule has 5 heteroatoms. The molecule has 2 heterocycles. The second kappa shape index (κ2) is 8.67. The molecule has 1 N–H and O–H groups in total. The molecule has 0 radical (unpaired) electrons. The van der Waals surface area contributed by atoms with E-state index in [9.17, 15) is 5.11 Å².